The van der Waals surface area contributed by atoms with Gasteiger partial charge in [0, 0.05) is 18.4 Å². The number of hydrogen-bond donors (Lipinski definition) is 1. The highest BCUT2D eigenvalue weighted by atomic mass is 35.5. The van der Waals surface area contributed by atoms with Crippen LogP contribution in [0.1, 0.15) is 30.3 Å². The van der Waals surface area contributed by atoms with Gasteiger partial charge in [0.1, 0.15) is 0 Å². The quantitative estimate of drug-likeness (QED) is 0.932. The van der Waals surface area contributed by atoms with Crippen molar-refractivity contribution >= 4 is 11.6 Å². The van der Waals surface area contributed by atoms with Crippen molar-refractivity contribution in [2.45, 2.75) is 39.7 Å². The van der Waals surface area contributed by atoms with Crippen molar-refractivity contribution in [3.63, 3.8) is 0 Å². The molecule has 2 aromatic rings. The molecule has 102 valence electrons. The van der Waals surface area contributed by atoms with Crippen molar-refractivity contribution in [1.29, 1.82) is 0 Å². The summed E-state index contributed by atoms with van der Waals surface area (Å²) in [5, 5.41) is 4.98. The van der Waals surface area contributed by atoms with E-state index in [4.69, 9.17) is 17.3 Å². The predicted molar refractivity (Wildman–Crippen MR) is 75.6 cm³/mol. The highest BCUT2D eigenvalue weighted by Gasteiger charge is 2.12. The van der Waals surface area contributed by atoms with Crippen LogP contribution < -0.4 is 5.73 Å². The molecule has 0 radical (unpaired) electrons. The highest BCUT2D eigenvalue weighted by molar-refractivity contribution is 6.31. The summed E-state index contributed by atoms with van der Waals surface area (Å²) in [6.07, 6.45) is 5.31. The molecule has 0 aliphatic heterocycles. The number of halogens is 1. The van der Waals surface area contributed by atoms with Crippen LogP contribution in [0.4, 0.5) is 0 Å². The van der Waals surface area contributed by atoms with Crippen LogP contribution >= 0.6 is 11.6 Å². The third-order valence-corrected chi connectivity index (χ3v) is 3.65. The van der Waals surface area contributed by atoms with E-state index in [1.54, 1.807) is 17.1 Å². The summed E-state index contributed by atoms with van der Waals surface area (Å²) in [6, 6.07) is 0.151. The fourth-order valence-corrected chi connectivity index (χ4v) is 1.95. The Balaban J connectivity index is 2.25. The number of hydrogen-bond acceptors (Lipinski definition) is 4. The Labute approximate surface area is 117 Å². The first-order valence-electron chi connectivity index (χ1n) is 6.31. The Morgan fingerprint density at radius 3 is 2.42 bits per heavy atom. The van der Waals surface area contributed by atoms with Gasteiger partial charge in [-0.1, -0.05) is 18.5 Å². The van der Waals surface area contributed by atoms with Crippen molar-refractivity contribution in [1.82, 2.24) is 19.7 Å². The molecular formula is C13H18ClN5. The summed E-state index contributed by atoms with van der Waals surface area (Å²) in [5.74, 6) is 0.529. The van der Waals surface area contributed by atoms with E-state index >= 15 is 0 Å². The maximum atomic E-state index is 6.11. The third-order valence-electron chi connectivity index (χ3n) is 3.11. The minimum absolute atomic E-state index is 0.151. The lowest BCUT2D eigenvalue weighted by Gasteiger charge is -2.08. The summed E-state index contributed by atoms with van der Waals surface area (Å²) in [4.78, 5) is 8.65. The molecule has 2 rings (SSSR count). The lowest BCUT2D eigenvalue weighted by Crippen LogP contribution is -2.21. The molecule has 0 bridgehead atoms. The van der Waals surface area contributed by atoms with Crippen molar-refractivity contribution in [3.8, 4) is 5.95 Å². The number of nitrogens with zero attached hydrogens (tertiary/aromatic N) is 4. The Kier molecular flexibility index (Phi) is 4.17. The molecule has 0 aromatic carbocycles. The molecule has 2 aromatic heterocycles. The van der Waals surface area contributed by atoms with Gasteiger partial charge in [0.15, 0.2) is 0 Å². The Morgan fingerprint density at radius 1 is 1.32 bits per heavy atom. The summed E-state index contributed by atoms with van der Waals surface area (Å²) in [5.41, 5.74) is 8.57. The molecule has 0 spiro atoms. The van der Waals surface area contributed by atoms with Gasteiger partial charge in [-0.3, -0.25) is 0 Å². The molecule has 1 atom stereocenters. The molecule has 2 N–H and O–H groups in total. The van der Waals surface area contributed by atoms with Crippen LogP contribution in [0.25, 0.3) is 5.95 Å². The number of rotatable bonds is 4. The Hall–Kier alpha value is -1.46. The van der Waals surface area contributed by atoms with Gasteiger partial charge in [0.2, 0.25) is 0 Å². The van der Waals surface area contributed by atoms with Crippen LogP contribution in [0.2, 0.25) is 5.02 Å². The van der Waals surface area contributed by atoms with Crippen molar-refractivity contribution in [2.24, 2.45) is 5.73 Å². The van der Waals surface area contributed by atoms with Gasteiger partial charge in [-0.25, -0.2) is 14.6 Å². The molecule has 0 aliphatic carbocycles. The average Bonchev–Trinajstić information content (AvgIpc) is 2.67. The van der Waals surface area contributed by atoms with E-state index in [-0.39, 0.29) is 6.04 Å². The molecule has 19 heavy (non-hydrogen) atoms. The maximum absolute atomic E-state index is 6.11. The van der Waals surface area contributed by atoms with Crippen LogP contribution in [-0.2, 0) is 6.42 Å². The molecule has 5 nitrogen and oxygen atoms in total. The van der Waals surface area contributed by atoms with Gasteiger partial charge >= 0.3 is 0 Å². The van der Waals surface area contributed by atoms with Crippen LogP contribution in [0.5, 0.6) is 0 Å². The summed E-state index contributed by atoms with van der Waals surface area (Å²) in [6.45, 7) is 5.82. The molecule has 2 heterocycles. The monoisotopic (exact) mass is 279 g/mol. The average molecular weight is 280 g/mol. The highest BCUT2D eigenvalue weighted by Crippen LogP contribution is 2.20. The first-order chi connectivity index (χ1) is 9.02. The zero-order valence-electron chi connectivity index (χ0n) is 11.4. The molecule has 0 amide bonds. The minimum atomic E-state index is 0.151. The summed E-state index contributed by atoms with van der Waals surface area (Å²) in [7, 11) is 0. The topological polar surface area (TPSA) is 69.6 Å². The predicted octanol–water partition coefficient (Wildman–Crippen LogP) is 2.21. The Bertz CT molecular complexity index is 561. The molecule has 0 fully saturated rings. The molecule has 1 unspecified atom stereocenters. The summed E-state index contributed by atoms with van der Waals surface area (Å²) < 4.78 is 1.65. The normalized spacial score (nSPS) is 12.7. The first kappa shape index (κ1) is 14.0. The van der Waals surface area contributed by atoms with Gasteiger partial charge in [-0.2, -0.15) is 5.10 Å². The summed E-state index contributed by atoms with van der Waals surface area (Å²) >= 11 is 6.11. The number of nitrogens with two attached hydrogens (primary N) is 1. The van der Waals surface area contributed by atoms with E-state index in [1.165, 1.54) is 0 Å². The Morgan fingerprint density at radius 2 is 1.95 bits per heavy atom. The van der Waals surface area contributed by atoms with Gasteiger partial charge in [0.25, 0.3) is 5.95 Å². The van der Waals surface area contributed by atoms with E-state index < -0.39 is 0 Å². The fourth-order valence-electron chi connectivity index (χ4n) is 1.83. The third kappa shape index (κ3) is 2.93. The maximum Gasteiger partial charge on any atom is 0.250 e. The van der Waals surface area contributed by atoms with E-state index in [9.17, 15) is 0 Å². The lowest BCUT2D eigenvalue weighted by molar-refractivity contribution is 0.641. The molecular weight excluding hydrogens is 262 g/mol. The molecule has 0 aliphatic rings. The molecule has 0 saturated heterocycles. The van der Waals surface area contributed by atoms with Gasteiger partial charge in [0.05, 0.1) is 16.4 Å². The second-order valence-corrected chi connectivity index (χ2v) is 5.04. The standard InChI is InChI=1S/C13H18ClN5/c1-4-11(15)5-10-6-16-13(17-7-10)19-9(3)12(14)8(2)18-19/h6-7,11H,4-5,15H2,1-3H3. The van der Waals surface area contributed by atoms with Gasteiger partial charge in [-0.15, -0.1) is 0 Å². The minimum Gasteiger partial charge on any atom is -0.327 e. The first-order valence-corrected chi connectivity index (χ1v) is 6.69. The molecule has 6 heteroatoms. The lowest BCUT2D eigenvalue weighted by atomic mass is 10.1. The van der Waals surface area contributed by atoms with Crippen molar-refractivity contribution < 1.29 is 0 Å². The molecule has 0 saturated carbocycles. The second-order valence-electron chi connectivity index (χ2n) is 4.66. The SMILES string of the molecule is CCC(N)Cc1cnc(-n2nc(C)c(Cl)c2C)nc1. The zero-order valence-corrected chi connectivity index (χ0v) is 12.1. The van der Waals surface area contributed by atoms with Crippen LogP contribution in [0.15, 0.2) is 12.4 Å². The van der Waals surface area contributed by atoms with Crippen LogP contribution in [-0.4, -0.2) is 25.8 Å². The van der Waals surface area contributed by atoms with Crippen molar-refractivity contribution in [2.75, 3.05) is 0 Å². The second kappa shape index (κ2) is 5.67. The van der Waals surface area contributed by atoms with Crippen LogP contribution in [0, 0.1) is 13.8 Å². The van der Waals surface area contributed by atoms with Gasteiger partial charge in [-0.05, 0) is 32.3 Å². The number of aryl methyl sites for hydroxylation is 1. The largest absolute Gasteiger partial charge is 0.327 e. The number of aromatic nitrogens is 4. The van der Waals surface area contributed by atoms with E-state index in [0.29, 0.717) is 11.0 Å². The van der Waals surface area contributed by atoms with E-state index in [1.807, 2.05) is 13.8 Å². The van der Waals surface area contributed by atoms with E-state index in [2.05, 4.69) is 22.0 Å². The fraction of sp³-hybridized carbons (Fsp3) is 0.462. The van der Waals surface area contributed by atoms with E-state index in [0.717, 1.165) is 29.8 Å². The van der Waals surface area contributed by atoms with Crippen LogP contribution in [0.3, 0.4) is 0 Å². The smallest absolute Gasteiger partial charge is 0.250 e. The zero-order chi connectivity index (χ0) is 14.0. The van der Waals surface area contributed by atoms with Gasteiger partial charge < -0.3 is 5.73 Å². The van der Waals surface area contributed by atoms with Crippen molar-refractivity contribution in [3.05, 3.63) is 34.4 Å².